The largest absolute Gasteiger partial charge is 0.485 e. The van der Waals surface area contributed by atoms with Gasteiger partial charge < -0.3 is 10.1 Å². The smallest absolute Gasteiger partial charge is 0.188 e. The monoisotopic (exact) mass is 443 g/mol. The van der Waals surface area contributed by atoms with Gasteiger partial charge in [0.05, 0.1) is 5.69 Å². The molecule has 2 aromatic heterocycles. The molecule has 1 aliphatic carbocycles. The number of halogens is 1. The van der Waals surface area contributed by atoms with Gasteiger partial charge in [0.25, 0.3) is 0 Å². The molecule has 0 unspecified atom stereocenters. The van der Waals surface area contributed by atoms with Crippen molar-refractivity contribution in [3.63, 3.8) is 0 Å². The predicted molar refractivity (Wildman–Crippen MR) is 114 cm³/mol. The minimum absolute atomic E-state index is 0.499. The standard InChI is InChI=1S/C21H22BrN3OS/c22-17-11-19(26-13-15-7-3-1-4-8-15)20(23-12-17)25-21-24-18(14-27-21)16-9-5-2-6-10-16/h1,3-4,7-8,11-12,14,16H,2,5-6,9-10,13H2,(H,23,24,25). The quantitative estimate of drug-likeness (QED) is 0.461. The molecule has 1 fully saturated rings. The van der Waals surface area contributed by atoms with E-state index in [0.717, 1.165) is 15.2 Å². The molecule has 1 aromatic carbocycles. The summed E-state index contributed by atoms with van der Waals surface area (Å²) in [6.07, 6.45) is 8.27. The van der Waals surface area contributed by atoms with Gasteiger partial charge in [-0.3, -0.25) is 0 Å². The summed E-state index contributed by atoms with van der Waals surface area (Å²) >= 11 is 5.12. The van der Waals surface area contributed by atoms with Crippen LogP contribution in [-0.2, 0) is 6.61 Å². The Morgan fingerprint density at radius 3 is 2.78 bits per heavy atom. The van der Waals surface area contributed by atoms with Gasteiger partial charge in [-0.2, -0.15) is 0 Å². The zero-order valence-electron chi connectivity index (χ0n) is 15.0. The Labute approximate surface area is 172 Å². The highest BCUT2D eigenvalue weighted by molar-refractivity contribution is 9.10. The molecule has 0 amide bonds. The average molecular weight is 444 g/mol. The highest BCUT2D eigenvalue weighted by Gasteiger charge is 2.19. The normalized spacial score (nSPS) is 14.9. The summed E-state index contributed by atoms with van der Waals surface area (Å²) in [6.45, 7) is 0.499. The van der Waals surface area contributed by atoms with Crippen molar-refractivity contribution in [2.24, 2.45) is 0 Å². The van der Waals surface area contributed by atoms with Crippen LogP contribution in [0.15, 0.2) is 52.4 Å². The second-order valence-corrected chi connectivity index (χ2v) is 8.59. The Bertz CT molecular complexity index is 878. The first-order chi connectivity index (χ1) is 13.3. The number of nitrogens with one attached hydrogen (secondary N) is 1. The molecule has 4 rings (SSSR count). The molecular weight excluding hydrogens is 422 g/mol. The Morgan fingerprint density at radius 2 is 1.96 bits per heavy atom. The van der Waals surface area contributed by atoms with Crippen LogP contribution in [0.5, 0.6) is 5.75 Å². The fourth-order valence-electron chi connectivity index (χ4n) is 3.39. The van der Waals surface area contributed by atoms with Crippen LogP contribution in [0.3, 0.4) is 0 Å². The van der Waals surface area contributed by atoms with Crippen LogP contribution in [0.25, 0.3) is 0 Å². The Morgan fingerprint density at radius 1 is 1.15 bits per heavy atom. The first-order valence-electron chi connectivity index (χ1n) is 9.32. The summed E-state index contributed by atoms with van der Waals surface area (Å²) in [5, 5.41) is 6.40. The third-order valence-corrected chi connectivity index (χ3v) is 6.04. The van der Waals surface area contributed by atoms with Gasteiger partial charge in [0, 0.05) is 22.0 Å². The summed E-state index contributed by atoms with van der Waals surface area (Å²) in [7, 11) is 0. The van der Waals surface area contributed by atoms with E-state index in [1.807, 2.05) is 24.3 Å². The van der Waals surface area contributed by atoms with Crippen molar-refractivity contribution < 1.29 is 4.74 Å². The molecule has 3 aromatic rings. The number of thiazole rings is 1. The molecule has 0 atom stereocenters. The molecule has 4 nitrogen and oxygen atoms in total. The molecule has 140 valence electrons. The van der Waals surface area contributed by atoms with E-state index < -0.39 is 0 Å². The fourth-order valence-corrected chi connectivity index (χ4v) is 4.49. The summed E-state index contributed by atoms with van der Waals surface area (Å²) in [6, 6.07) is 12.1. The predicted octanol–water partition coefficient (Wildman–Crippen LogP) is 6.67. The van der Waals surface area contributed by atoms with Gasteiger partial charge in [0.1, 0.15) is 6.61 Å². The fraction of sp³-hybridized carbons (Fsp3) is 0.333. The number of aromatic nitrogens is 2. The number of hydrogen-bond donors (Lipinski definition) is 1. The molecule has 6 heteroatoms. The maximum Gasteiger partial charge on any atom is 0.188 e. The van der Waals surface area contributed by atoms with Gasteiger partial charge in [-0.05, 0) is 40.4 Å². The Balaban J connectivity index is 1.47. The zero-order chi connectivity index (χ0) is 18.5. The van der Waals surface area contributed by atoms with E-state index in [9.17, 15) is 0 Å². The van der Waals surface area contributed by atoms with E-state index in [4.69, 9.17) is 9.72 Å². The van der Waals surface area contributed by atoms with Crippen molar-refractivity contribution in [3.8, 4) is 5.75 Å². The van der Waals surface area contributed by atoms with E-state index in [-0.39, 0.29) is 0 Å². The van der Waals surface area contributed by atoms with Gasteiger partial charge in [0.15, 0.2) is 16.7 Å². The van der Waals surface area contributed by atoms with Crippen LogP contribution in [0.4, 0.5) is 10.9 Å². The highest BCUT2D eigenvalue weighted by Crippen LogP contribution is 2.36. The first-order valence-corrected chi connectivity index (χ1v) is 11.0. The van der Waals surface area contributed by atoms with Gasteiger partial charge >= 0.3 is 0 Å². The SMILES string of the molecule is Brc1cnc(Nc2nc(C3CCCCC3)cs2)c(OCc2ccccc2)c1. The van der Waals surface area contributed by atoms with Crippen LogP contribution in [0.2, 0.25) is 0 Å². The van der Waals surface area contributed by atoms with Crippen molar-refractivity contribution >= 4 is 38.2 Å². The van der Waals surface area contributed by atoms with E-state index in [2.05, 4.69) is 43.7 Å². The summed E-state index contributed by atoms with van der Waals surface area (Å²) in [5.41, 5.74) is 2.34. The summed E-state index contributed by atoms with van der Waals surface area (Å²) < 4.78 is 6.91. The van der Waals surface area contributed by atoms with E-state index in [1.165, 1.54) is 37.8 Å². The third kappa shape index (κ3) is 4.87. The second kappa shape index (κ2) is 8.85. The summed E-state index contributed by atoms with van der Waals surface area (Å²) in [5.74, 6) is 2.01. The molecule has 0 aliphatic heterocycles. The van der Waals surface area contributed by atoms with Gasteiger partial charge in [-0.15, -0.1) is 11.3 Å². The third-order valence-electron chi connectivity index (χ3n) is 4.83. The molecule has 0 spiro atoms. The first kappa shape index (κ1) is 18.4. The maximum absolute atomic E-state index is 6.02. The number of nitrogens with zero attached hydrogens (tertiary/aromatic N) is 2. The highest BCUT2D eigenvalue weighted by atomic mass is 79.9. The number of pyridine rings is 1. The molecule has 1 N–H and O–H groups in total. The lowest BCUT2D eigenvalue weighted by atomic mass is 9.87. The number of benzene rings is 1. The molecule has 0 radical (unpaired) electrons. The molecule has 2 heterocycles. The van der Waals surface area contributed by atoms with Crippen molar-refractivity contribution in [1.82, 2.24) is 9.97 Å². The molecule has 0 bridgehead atoms. The van der Waals surface area contributed by atoms with E-state index in [1.54, 1.807) is 17.5 Å². The van der Waals surface area contributed by atoms with Gasteiger partial charge in [-0.1, -0.05) is 49.6 Å². The van der Waals surface area contributed by atoms with Crippen molar-refractivity contribution in [2.45, 2.75) is 44.6 Å². The molecular formula is C21H22BrN3OS. The zero-order valence-corrected chi connectivity index (χ0v) is 17.4. The van der Waals surface area contributed by atoms with Crippen LogP contribution >= 0.6 is 27.3 Å². The molecule has 0 saturated heterocycles. The Kier molecular flexibility index (Phi) is 6.04. The van der Waals surface area contributed by atoms with Crippen LogP contribution < -0.4 is 10.1 Å². The minimum Gasteiger partial charge on any atom is -0.485 e. The molecule has 1 aliphatic rings. The van der Waals surface area contributed by atoms with Crippen LogP contribution in [0.1, 0.15) is 49.3 Å². The van der Waals surface area contributed by atoms with Crippen molar-refractivity contribution in [3.05, 3.63) is 63.7 Å². The summed E-state index contributed by atoms with van der Waals surface area (Å²) in [4.78, 5) is 9.30. The number of hydrogen-bond acceptors (Lipinski definition) is 5. The van der Waals surface area contributed by atoms with Crippen molar-refractivity contribution in [1.29, 1.82) is 0 Å². The molecule has 27 heavy (non-hydrogen) atoms. The number of rotatable bonds is 6. The van der Waals surface area contributed by atoms with Crippen molar-refractivity contribution in [2.75, 3.05) is 5.32 Å². The lowest BCUT2D eigenvalue weighted by Gasteiger charge is -2.19. The lowest BCUT2D eigenvalue weighted by molar-refractivity contribution is 0.306. The second-order valence-electron chi connectivity index (χ2n) is 6.81. The lowest BCUT2D eigenvalue weighted by Crippen LogP contribution is -2.05. The topological polar surface area (TPSA) is 47.0 Å². The number of ether oxygens (including phenoxy) is 1. The molecule has 1 saturated carbocycles. The Hall–Kier alpha value is -1.92. The van der Waals surface area contributed by atoms with Crippen LogP contribution in [0, 0.1) is 0 Å². The maximum atomic E-state index is 6.02. The van der Waals surface area contributed by atoms with E-state index >= 15 is 0 Å². The number of anilines is 2. The van der Waals surface area contributed by atoms with Gasteiger partial charge in [0.2, 0.25) is 0 Å². The minimum atomic E-state index is 0.499. The van der Waals surface area contributed by atoms with Gasteiger partial charge in [-0.25, -0.2) is 9.97 Å². The van der Waals surface area contributed by atoms with E-state index in [0.29, 0.717) is 24.1 Å². The van der Waals surface area contributed by atoms with Crippen LogP contribution in [-0.4, -0.2) is 9.97 Å². The average Bonchev–Trinajstić information content (AvgIpc) is 3.18.